The lowest BCUT2D eigenvalue weighted by Crippen LogP contribution is -1.87. The number of hydrogen-bond donors (Lipinski definition) is 0. The van der Waals surface area contributed by atoms with Gasteiger partial charge in [-0.15, -0.1) is 0 Å². The minimum absolute atomic E-state index is 0.914. The molecule has 4 heteroatoms. The summed E-state index contributed by atoms with van der Waals surface area (Å²) >= 11 is 0. The van der Waals surface area contributed by atoms with Gasteiger partial charge in [0.05, 0.1) is 12.4 Å². The molecule has 0 aromatic carbocycles. The summed E-state index contributed by atoms with van der Waals surface area (Å²) in [4.78, 5) is 7.67. The van der Waals surface area contributed by atoms with Gasteiger partial charge in [0, 0.05) is 0 Å². The van der Waals surface area contributed by atoms with Crippen molar-refractivity contribution in [2.75, 3.05) is 0 Å². The molecule has 0 spiro atoms. The van der Waals surface area contributed by atoms with Gasteiger partial charge >= 0.3 is 0 Å². The fourth-order valence-corrected chi connectivity index (χ4v) is 0.683. The first kappa shape index (κ1) is 4.43. The van der Waals surface area contributed by atoms with Crippen molar-refractivity contribution in [1.29, 1.82) is 0 Å². The normalized spacial score (nSPS) is 10.2. The van der Waals surface area contributed by atoms with E-state index in [0.29, 0.717) is 0 Å². The summed E-state index contributed by atoms with van der Waals surface area (Å²) in [5.41, 5.74) is 0.914. The van der Waals surface area contributed by atoms with Crippen molar-refractivity contribution in [3.8, 4) is 0 Å². The first-order valence-electron chi connectivity index (χ1n) is 2.55. The van der Waals surface area contributed by atoms with Gasteiger partial charge < -0.3 is 0 Å². The maximum Gasteiger partial charge on any atom is 0.136 e. The fourth-order valence-electron chi connectivity index (χ4n) is 0.683. The lowest BCUT2D eigenvalue weighted by Gasteiger charge is -1.84. The summed E-state index contributed by atoms with van der Waals surface area (Å²) in [5.74, 6) is 0. The van der Waals surface area contributed by atoms with E-state index in [1.165, 1.54) is 6.33 Å². The van der Waals surface area contributed by atoms with E-state index in [9.17, 15) is 0 Å². The SMILES string of the molecule is c1ncc2cncn2n1. The second-order valence-corrected chi connectivity index (χ2v) is 1.67. The molecule has 44 valence electrons. The first-order valence-corrected chi connectivity index (χ1v) is 2.55. The lowest BCUT2D eigenvalue weighted by atomic mass is 10.6. The molecule has 2 aromatic rings. The third-order valence-corrected chi connectivity index (χ3v) is 1.10. The van der Waals surface area contributed by atoms with Crippen molar-refractivity contribution in [2.24, 2.45) is 0 Å². The Bertz CT molecular complexity index is 283. The topological polar surface area (TPSA) is 43.1 Å². The van der Waals surface area contributed by atoms with Crippen LogP contribution in [0.1, 0.15) is 0 Å². The zero-order valence-corrected chi connectivity index (χ0v) is 4.60. The van der Waals surface area contributed by atoms with E-state index in [-0.39, 0.29) is 0 Å². The molecule has 2 aromatic heterocycles. The molecule has 0 atom stereocenters. The molecule has 0 aliphatic heterocycles. The van der Waals surface area contributed by atoms with Crippen molar-refractivity contribution in [1.82, 2.24) is 19.6 Å². The second-order valence-electron chi connectivity index (χ2n) is 1.67. The fraction of sp³-hybridized carbons (Fsp3) is 0. The van der Waals surface area contributed by atoms with E-state index >= 15 is 0 Å². The summed E-state index contributed by atoms with van der Waals surface area (Å²) in [7, 11) is 0. The molecule has 0 amide bonds. The predicted molar refractivity (Wildman–Crippen MR) is 30.8 cm³/mol. The second kappa shape index (κ2) is 1.51. The number of imidazole rings is 1. The summed E-state index contributed by atoms with van der Waals surface area (Å²) in [5, 5.41) is 3.88. The average molecular weight is 120 g/mol. The van der Waals surface area contributed by atoms with Gasteiger partial charge in [-0.05, 0) is 0 Å². The van der Waals surface area contributed by atoms with Crippen molar-refractivity contribution in [2.45, 2.75) is 0 Å². The molecule has 4 nitrogen and oxygen atoms in total. The number of fused-ring (bicyclic) bond motifs is 1. The van der Waals surface area contributed by atoms with Gasteiger partial charge in [-0.2, -0.15) is 5.10 Å². The van der Waals surface area contributed by atoms with Gasteiger partial charge in [0.1, 0.15) is 18.2 Å². The van der Waals surface area contributed by atoms with Gasteiger partial charge in [-0.3, -0.25) is 0 Å². The van der Waals surface area contributed by atoms with Crippen molar-refractivity contribution in [3.05, 3.63) is 25.0 Å². The highest BCUT2D eigenvalue weighted by atomic mass is 15.3. The van der Waals surface area contributed by atoms with E-state index < -0.39 is 0 Å². The number of aromatic nitrogens is 4. The van der Waals surface area contributed by atoms with Gasteiger partial charge in [0.2, 0.25) is 0 Å². The summed E-state index contributed by atoms with van der Waals surface area (Å²) in [6, 6.07) is 0. The molecule has 0 unspecified atom stereocenters. The Labute approximate surface area is 51.2 Å². The first-order chi connectivity index (χ1) is 4.47. The Morgan fingerprint density at radius 3 is 3.00 bits per heavy atom. The van der Waals surface area contributed by atoms with E-state index in [2.05, 4.69) is 15.1 Å². The van der Waals surface area contributed by atoms with Crippen molar-refractivity contribution >= 4 is 5.52 Å². The monoisotopic (exact) mass is 120 g/mol. The Kier molecular flexibility index (Phi) is 0.745. The summed E-state index contributed by atoms with van der Waals surface area (Å²) in [6.45, 7) is 0. The van der Waals surface area contributed by atoms with Crippen LogP contribution in [0.15, 0.2) is 25.0 Å². The lowest BCUT2D eigenvalue weighted by molar-refractivity contribution is 0.892. The Morgan fingerprint density at radius 2 is 2.11 bits per heavy atom. The van der Waals surface area contributed by atoms with Gasteiger partial charge in [0.15, 0.2) is 0 Å². The minimum atomic E-state index is 0.914. The van der Waals surface area contributed by atoms with Crippen LogP contribution in [0.25, 0.3) is 5.52 Å². The number of hydrogen-bond acceptors (Lipinski definition) is 3. The maximum absolute atomic E-state index is 3.88. The Hall–Kier alpha value is -1.45. The molecule has 0 saturated heterocycles. The van der Waals surface area contributed by atoms with Crippen LogP contribution in [0.3, 0.4) is 0 Å². The van der Waals surface area contributed by atoms with E-state index in [1.54, 1.807) is 23.2 Å². The van der Waals surface area contributed by atoms with E-state index in [1.807, 2.05) is 0 Å². The van der Waals surface area contributed by atoms with Crippen LogP contribution >= 0.6 is 0 Å². The Morgan fingerprint density at radius 1 is 1.22 bits per heavy atom. The van der Waals surface area contributed by atoms with Crippen molar-refractivity contribution < 1.29 is 0 Å². The quantitative estimate of drug-likeness (QED) is 0.496. The smallest absolute Gasteiger partial charge is 0.136 e. The third-order valence-electron chi connectivity index (χ3n) is 1.10. The highest BCUT2D eigenvalue weighted by molar-refractivity contribution is 5.39. The van der Waals surface area contributed by atoms with Crippen molar-refractivity contribution in [3.63, 3.8) is 0 Å². The van der Waals surface area contributed by atoms with E-state index in [4.69, 9.17) is 0 Å². The molecule has 2 rings (SSSR count). The molecule has 0 saturated carbocycles. The summed E-state index contributed by atoms with van der Waals surface area (Å²) < 4.78 is 1.66. The molecular formula is C5H4N4. The Balaban J connectivity index is 2.95. The molecule has 0 fully saturated rings. The van der Waals surface area contributed by atoms with Crippen LogP contribution in [0.5, 0.6) is 0 Å². The molecular weight excluding hydrogens is 116 g/mol. The van der Waals surface area contributed by atoms with Gasteiger partial charge in [0.25, 0.3) is 0 Å². The van der Waals surface area contributed by atoms with Crippen LogP contribution in [-0.2, 0) is 0 Å². The zero-order chi connectivity index (χ0) is 6.10. The maximum atomic E-state index is 3.88. The predicted octanol–water partition coefficient (Wildman–Crippen LogP) is 0.124. The molecule has 0 N–H and O–H groups in total. The van der Waals surface area contributed by atoms with Crippen LogP contribution < -0.4 is 0 Å². The number of nitrogens with zero attached hydrogens (tertiary/aromatic N) is 4. The molecule has 9 heavy (non-hydrogen) atoms. The van der Waals surface area contributed by atoms with Crippen LogP contribution in [0.2, 0.25) is 0 Å². The van der Waals surface area contributed by atoms with Crippen LogP contribution in [0, 0.1) is 0 Å². The molecule has 0 aliphatic rings. The van der Waals surface area contributed by atoms with Gasteiger partial charge in [-0.25, -0.2) is 14.5 Å². The molecule has 2 heterocycles. The standard InChI is InChI=1S/C5H4N4/c1-5-2-7-4-9(5)8-3-6-1/h1-4H. The zero-order valence-electron chi connectivity index (χ0n) is 4.60. The molecule has 0 aliphatic carbocycles. The van der Waals surface area contributed by atoms with Gasteiger partial charge in [-0.1, -0.05) is 0 Å². The highest BCUT2D eigenvalue weighted by Crippen LogP contribution is 1.92. The minimum Gasteiger partial charge on any atom is -0.242 e. The summed E-state index contributed by atoms with van der Waals surface area (Å²) in [6.07, 6.45) is 6.53. The van der Waals surface area contributed by atoms with Crippen LogP contribution in [-0.4, -0.2) is 19.6 Å². The number of rotatable bonds is 0. The van der Waals surface area contributed by atoms with E-state index in [0.717, 1.165) is 5.52 Å². The largest absolute Gasteiger partial charge is 0.242 e. The molecule has 0 bridgehead atoms. The average Bonchev–Trinajstić information content (AvgIpc) is 2.33. The van der Waals surface area contributed by atoms with Crippen LogP contribution in [0.4, 0.5) is 0 Å². The third kappa shape index (κ3) is 0.561. The highest BCUT2D eigenvalue weighted by Gasteiger charge is 1.87. The molecule has 0 radical (unpaired) electrons.